The number of hydrogen-bond acceptors (Lipinski definition) is 3. The summed E-state index contributed by atoms with van der Waals surface area (Å²) in [6.45, 7) is 2.12. The highest BCUT2D eigenvalue weighted by atomic mass is 16.1. The van der Waals surface area contributed by atoms with Gasteiger partial charge in [-0.2, -0.15) is 0 Å². The Kier molecular flexibility index (Phi) is 4.33. The number of benzene rings is 1. The summed E-state index contributed by atoms with van der Waals surface area (Å²) in [5.41, 5.74) is 1.82. The first-order valence-corrected chi connectivity index (χ1v) is 8.63. The van der Waals surface area contributed by atoms with E-state index in [1.807, 2.05) is 47.4 Å². The smallest absolute Gasteiger partial charge is 0.251 e. The van der Waals surface area contributed by atoms with Crippen LogP contribution in [0.3, 0.4) is 0 Å². The van der Waals surface area contributed by atoms with Gasteiger partial charge in [0.05, 0.1) is 6.33 Å². The van der Waals surface area contributed by atoms with Gasteiger partial charge in [-0.15, -0.1) is 0 Å². The van der Waals surface area contributed by atoms with Gasteiger partial charge in [0.1, 0.15) is 5.82 Å². The SMILES string of the molecule is O=C(NCCn1ccnc1C1CC1)c1ccc(Cn2ccnc2)cc1. The van der Waals surface area contributed by atoms with Crippen molar-refractivity contribution in [3.8, 4) is 0 Å². The van der Waals surface area contributed by atoms with Crippen LogP contribution < -0.4 is 5.32 Å². The lowest BCUT2D eigenvalue weighted by molar-refractivity contribution is 0.0952. The number of rotatable bonds is 7. The Bertz CT molecular complexity index is 831. The number of imidazole rings is 2. The number of carbonyl (C=O) groups excluding carboxylic acids is 1. The van der Waals surface area contributed by atoms with Crippen molar-refractivity contribution < 1.29 is 4.79 Å². The van der Waals surface area contributed by atoms with Gasteiger partial charge in [-0.05, 0) is 30.5 Å². The molecular weight excluding hydrogens is 314 g/mol. The third-order valence-electron chi connectivity index (χ3n) is 4.47. The van der Waals surface area contributed by atoms with E-state index in [0.29, 0.717) is 18.0 Å². The molecule has 128 valence electrons. The first-order chi connectivity index (χ1) is 12.3. The molecule has 6 heteroatoms. The molecule has 1 aliphatic rings. The minimum Gasteiger partial charge on any atom is -0.350 e. The van der Waals surface area contributed by atoms with Crippen molar-refractivity contribution in [2.45, 2.75) is 31.8 Å². The second-order valence-corrected chi connectivity index (χ2v) is 6.44. The minimum absolute atomic E-state index is 0.0396. The molecule has 0 saturated heterocycles. The zero-order valence-corrected chi connectivity index (χ0v) is 14.0. The molecule has 2 heterocycles. The quantitative estimate of drug-likeness (QED) is 0.721. The van der Waals surface area contributed by atoms with E-state index in [1.54, 1.807) is 12.5 Å². The highest BCUT2D eigenvalue weighted by Crippen LogP contribution is 2.38. The van der Waals surface area contributed by atoms with E-state index < -0.39 is 0 Å². The lowest BCUT2D eigenvalue weighted by Gasteiger charge is -2.09. The van der Waals surface area contributed by atoms with Crippen LogP contribution >= 0.6 is 0 Å². The summed E-state index contributed by atoms with van der Waals surface area (Å²) in [6, 6.07) is 7.70. The molecule has 0 aliphatic heterocycles. The van der Waals surface area contributed by atoms with Crippen molar-refractivity contribution in [2.24, 2.45) is 0 Å². The van der Waals surface area contributed by atoms with Crippen LogP contribution in [0.5, 0.6) is 0 Å². The predicted molar refractivity (Wildman–Crippen MR) is 94.3 cm³/mol. The average molecular weight is 335 g/mol. The number of nitrogens with one attached hydrogen (secondary N) is 1. The number of hydrogen-bond donors (Lipinski definition) is 1. The molecule has 1 aromatic carbocycles. The number of aromatic nitrogens is 4. The van der Waals surface area contributed by atoms with Crippen LogP contribution in [0.2, 0.25) is 0 Å². The summed E-state index contributed by atoms with van der Waals surface area (Å²) in [7, 11) is 0. The molecule has 0 unspecified atom stereocenters. The maximum atomic E-state index is 12.3. The van der Waals surface area contributed by atoms with Gasteiger partial charge in [0.15, 0.2) is 0 Å². The fourth-order valence-electron chi connectivity index (χ4n) is 2.96. The zero-order chi connectivity index (χ0) is 17.1. The molecule has 1 saturated carbocycles. The molecule has 1 aliphatic carbocycles. The van der Waals surface area contributed by atoms with Crippen LogP contribution in [0.4, 0.5) is 0 Å². The summed E-state index contributed by atoms with van der Waals surface area (Å²) in [6.07, 6.45) is 11.8. The monoisotopic (exact) mass is 335 g/mol. The van der Waals surface area contributed by atoms with Gasteiger partial charge in [0, 0.05) is 55.9 Å². The molecule has 0 bridgehead atoms. The second-order valence-electron chi connectivity index (χ2n) is 6.44. The third-order valence-corrected chi connectivity index (χ3v) is 4.47. The summed E-state index contributed by atoms with van der Waals surface area (Å²) in [5, 5.41) is 2.99. The predicted octanol–water partition coefficient (Wildman–Crippen LogP) is 2.44. The van der Waals surface area contributed by atoms with E-state index in [0.717, 1.165) is 24.5 Å². The molecule has 1 fully saturated rings. The molecule has 4 rings (SSSR count). The van der Waals surface area contributed by atoms with Crippen LogP contribution in [0.1, 0.15) is 40.5 Å². The second kappa shape index (κ2) is 6.93. The normalized spacial score (nSPS) is 13.8. The summed E-state index contributed by atoms with van der Waals surface area (Å²) in [4.78, 5) is 20.7. The van der Waals surface area contributed by atoms with Gasteiger partial charge in [-0.3, -0.25) is 4.79 Å². The Morgan fingerprint density at radius 1 is 1.16 bits per heavy atom. The van der Waals surface area contributed by atoms with E-state index in [4.69, 9.17) is 0 Å². The Labute approximate surface area is 146 Å². The standard InChI is InChI=1S/C19H21N5O/c25-19(22-9-12-24-11-8-21-18(24)16-5-6-16)17-3-1-15(2-4-17)13-23-10-7-20-14-23/h1-4,7-8,10-11,14,16H,5-6,9,12-13H2,(H,22,25). The van der Waals surface area contributed by atoms with E-state index in [1.165, 1.54) is 12.8 Å². The Balaban J connectivity index is 1.29. The van der Waals surface area contributed by atoms with E-state index in [9.17, 15) is 4.79 Å². The van der Waals surface area contributed by atoms with Gasteiger partial charge in [0.25, 0.3) is 5.91 Å². The van der Waals surface area contributed by atoms with Gasteiger partial charge < -0.3 is 14.5 Å². The Morgan fingerprint density at radius 2 is 2.00 bits per heavy atom. The van der Waals surface area contributed by atoms with E-state index in [2.05, 4.69) is 19.9 Å². The minimum atomic E-state index is -0.0396. The van der Waals surface area contributed by atoms with Crippen LogP contribution in [0, 0.1) is 0 Å². The maximum absolute atomic E-state index is 12.3. The van der Waals surface area contributed by atoms with Gasteiger partial charge in [-0.25, -0.2) is 9.97 Å². The molecule has 2 aromatic heterocycles. The molecule has 6 nitrogen and oxygen atoms in total. The zero-order valence-electron chi connectivity index (χ0n) is 14.0. The molecular formula is C19H21N5O. The van der Waals surface area contributed by atoms with Crippen LogP contribution in [0.15, 0.2) is 55.4 Å². The number of amides is 1. The summed E-state index contributed by atoms with van der Waals surface area (Å²) < 4.78 is 4.14. The first kappa shape index (κ1) is 15.6. The van der Waals surface area contributed by atoms with Gasteiger partial charge in [-0.1, -0.05) is 12.1 Å². The van der Waals surface area contributed by atoms with Crippen molar-refractivity contribution >= 4 is 5.91 Å². The molecule has 1 N–H and O–H groups in total. The van der Waals surface area contributed by atoms with E-state index in [-0.39, 0.29) is 5.91 Å². The van der Waals surface area contributed by atoms with E-state index >= 15 is 0 Å². The highest BCUT2D eigenvalue weighted by molar-refractivity contribution is 5.94. The maximum Gasteiger partial charge on any atom is 0.251 e. The summed E-state index contributed by atoms with van der Waals surface area (Å²) in [5.74, 6) is 1.73. The molecule has 1 amide bonds. The van der Waals surface area contributed by atoms with Gasteiger partial charge >= 0.3 is 0 Å². The topological polar surface area (TPSA) is 64.7 Å². The largest absolute Gasteiger partial charge is 0.350 e. The van der Waals surface area contributed by atoms with Crippen molar-refractivity contribution in [2.75, 3.05) is 6.54 Å². The van der Waals surface area contributed by atoms with Crippen molar-refractivity contribution in [1.82, 2.24) is 24.4 Å². The van der Waals surface area contributed by atoms with Crippen LogP contribution in [0.25, 0.3) is 0 Å². The number of carbonyl (C=O) groups is 1. The van der Waals surface area contributed by atoms with Crippen LogP contribution in [-0.4, -0.2) is 31.6 Å². The first-order valence-electron chi connectivity index (χ1n) is 8.63. The fraction of sp³-hybridized carbons (Fsp3) is 0.316. The highest BCUT2D eigenvalue weighted by Gasteiger charge is 2.27. The Hall–Kier alpha value is -2.89. The third kappa shape index (κ3) is 3.79. The van der Waals surface area contributed by atoms with Crippen molar-refractivity contribution in [1.29, 1.82) is 0 Å². The fourth-order valence-corrected chi connectivity index (χ4v) is 2.96. The van der Waals surface area contributed by atoms with Gasteiger partial charge in [0.2, 0.25) is 0 Å². The van der Waals surface area contributed by atoms with Crippen LogP contribution in [-0.2, 0) is 13.1 Å². The number of nitrogens with zero attached hydrogens (tertiary/aromatic N) is 4. The Morgan fingerprint density at radius 3 is 2.72 bits per heavy atom. The molecule has 25 heavy (non-hydrogen) atoms. The van der Waals surface area contributed by atoms with Crippen molar-refractivity contribution in [3.63, 3.8) is 0 Å². The lowest BCUT2D eigenvalue weighted by atomic mass is 10.1. The molecule has 0 atom stereocenters. The molecule has 0 radical (unpaired) electrons. The average Bonchev–Trinajstić information content (AvgIpc) is 3.14. The molecule has 3 aromatic rings. The summed E-state index contributed by atoms with van der Waals surface area (Å²) >= 11 is 0. The lowest BCUT2D eigenvalue weighted by Crippen LogP contribution is -2.27. The molecule has 0 spiro atoms. The van der Waals surface area contributed by atoms with Crippen molar-refractivity contribution in [3.05, 3.63) is 72.3 Å².